The van der Waals surface area contributed by atoms with Crippen LogP contribution in [0.5, 0.6) is 0 Å². The molecule has 0 spiro atoms. The minimum absolute atomic E-state index is 0.0972. The van der Waals surface area contributed by atoms with Crippen LogP contribution in [0.1, 0.15) is 66.2 Å². The molecular weight excluding hydrogens is 464 g/mol. The Hall–Kier alpha value is -3.68. The van der Waals surface area contributed by atoms with Crippen LogP contribution in [0.2, 0.25) is 0 Å². The Morgan fingerprint density at radius 2 is 1.25 bits per heavy atom. The molecule has 2 aliphatic carbocycles. The first-order valence-electron chi connectivity index (χ1n) is 11.8. The summed E-state index contributed by atoms with van der Waals surface area (Å²) in [6.45, 7) is 7.09. The second kappa shape index (κ2) is 11.8. The van der Waals surface area contributed by atoms with Crippen LogP contribution in [-0.4, -0.2) is 46.3 Å². The van der Waals surface area contributed by atoms with Gasteiger partial charge >= 0.3 is 5.97 Å². The fourth-order valence-electron chi connectivity index (χ4n) is 3.89. The van der Waals surface area contributed by atoms with Gasteiger partial charge in [-0.2, -0.15) is 0 Å². The number of hydrogen-bond acceptors (Lipinski definition) is 7. The van der Waals surface area contributed by atoms with Gasteiger partial charge in [0.1, 0.15) is 5.60 Å². The van der Waals surface area contributed by atoms with Gasteiger partial charge in [0.2, 0.25) is 0 Å². The Morgan fingerprint density at radius 1 is 0.806 bits per heavy atom. The number of aliphatic carboxylic acids is 1. The Balaban J connectivity index is 2.04. The molecule has 0 bridgehead atoms. The van der Waals surface area contributed by atoms with Gasteiger partial charge in [-0.3, -0.25) is 28.8 Å². The first kappa shape index (κ1) is 28.6. The molecule has 0 aromatic rings. The number of ketones is 4. The van der Waals surface area contributed by atoms with E-state index >= 15 is 0 Å². The first-order valence-corrected chi connectivity index (χ1v) is 11.8. The smallest absolute Gasteiger partial charge is 0.309 e. The third-order valence-corrected chi connectivity index (χ3v) is 6.20. The number of hydrogen-bond donors (Lipinski definition) is 1. The molecule has 2 rings (SSSR count). The Morgan fingerprint density at radius 3 is 1.67 bits per heavy atom. The van der Waals surface area contributed by atoms with Crippen molar-refractivity contribution in [1.82, 2.24) is 0 Å². The zero-order valence-electron chi connectivity index (χ0n) is 21.1. The maximum absolute atomic E-state index is 12.9. The fraction of sp³-hybridized carbons (Fsp3) is 0.429. The van der Waals surface area contributed by atoms with Crippen molar-refractivity contribution in [3.05, 3.63) is 58.7 Å². The minimum Gasteiger partial charge on any atom is -0.481 e. The van der Waals surface area contributed by atoms with E-state index in [1.807, 2.05) is 0 Å². The van der Waals surface area contributed by atoms with Crippen LogP contribution in [0.25, 0.3) is 0 Å². The van der Waals surface area contributed by atoms with Crippen molar-refractivity contribution in [2.24, 2.45) is 5.41 Å². The summed E-state index contributed by atoms with van der Waals surface area (Å²) in [5, 5.41) is 9.24. The lowest BCUT2D eigenvalue weighted by molar-refractivity contribution is -0.147. The number of rotatable bonds is 13. The molecule has 1 N–H and O–H groups in total. The predicted octanol–water partition coefficient (Wildman–Crippen LogP) is 3.95. The van der Waals surface area contributed by atoms with Gasteiger partial charge in [-0.1, -0.05) is 12.2 Å². The molecule has 192 valence electrons. The van der Waals surface area contributed by atoms with E-state index < -0.39 is 17.0 Å². The summed E-state index contributed by atoms with van der Waals surface area (Å²) in [6.07, 6.45) is 9.96. The number of Topliss-reactive ketones (excluding diaryl/α,β-unsaturated/α-hetero) is 2. The van der Waals surface area contributed by atoms with Crippen molar-refractivity contribution in [2.75, 3.05) is 0 Å². The van der Waals surface area contributed by atoms with Crippen LogP contribution in [0.4, 0.5) is 0 Å². The topological polar surface area (TPSA) is 132 Å². The summed E-state index contributed by atoms with van der Waals surface area (Å²) < 4.78 is 5.00. The highest BCUT2D eigenvalue weighted by Gasteiger charge is 2.28. The molecule has 0 radical (unpaired) electrons. The molecule has 2 aliphatic rings. The van der Waals surface area contributed by atoms with Crippen LogP contribution in [-0.2, 0) is 33.5 Å². The molecule has 0 heterocycles. The van der Waals surface area contributed by atoms with E-state index in [4.69, 9.17) is 4.74 Å². The third-order valence-electron chi connectivity index (χ3n) is 6.20. The van der Waals surface area contributed by atoms with Crippen LogP contribution in [0.3, 0.4) is 0 Å². The zero-order valence-corrected chi connectivity index (χ0v) is 21.1. The quantitative estimate of drug-likeness (QED) is 0.299. The number of carboxylic acids is 1. The van der Waals surface area contributed by atoms with E-state index in [0.29, 0.717) is 44.1 Å². The lowest BCUT2D eigenvalue weighted by atomic mass is 9.84. The highest BCUT2D eigenvalue weighted by Crippen LogP contribution is 2.27. The van der Waals surface area contributed by atoms with Crippen LogP contribution >= 0.6 is 0 Å². The summed E-state index contributed by atoms with van der Waals surface area (Å²) in [5.74, 6) is -2.38. The van der Waals surface area contributed by atoms with E-state index in [1.54, 1.807) is 27.7 Å². The number of carbonyl (C=O) groups is 6. The summed E-state index contributed by atoms with van der Waals surface area (Å²) in [6, 6.07) is 0. The van der Waals surface area contributed by atoms with E-state index in [-0.39, 0.29) is 46.3 Å². The predicted molar refractivity (Wildman–Crippen MR) is 132 cm³/mol. The van der Waals surface area contributed by atoms with E-state index in [2.05, 4.69) is 0 Å². The van der Waals surface area contributed by atoms with Gasteiger partial charge in [0.15, 0.2) is 23.1 Å². The van der Waals surface area contributed by atoms with Crippen LogP contribution in [0, 0.1) is 5.41 Å². The average Bonchev–Trinajstić information content (AvgIpc) is 2.77. The fourth-order valence-corrected chi connectivity index (χ4v) is 3.89. The van der Waals surface area contributed by atoms with Crippen molar-refractivity contribution >= 4 is 35.6 Å². The maximum Gasteiger partial charge on any atom is 0.309 e. The molecular formula is C28H32O8. The summed E-state index contributed by atoms with van der Waals surface area (Å²) >= 11 is 0. The highest BCUT2D eigenvalue weighted by atomic mass is 16.5. The van der Waals surface area contributed by atoms with E-state index in [1.165, 1.54) is 36.5 Å². The van der Waals surface area contributed by atoms with Crippen LogP contribution in [0.15, 0.2) is 58.7 Å². The van der Waals surface area contributed by atoms with Gasteiger partial charge in [-0.25, -0.2) is 0 Å². The Bertz CT molecular complexity index is 1120. The number of carbonyl (C=O) groups excluding carboxylic acids is 5. The SMILES string of the molecule is CC(C)(CCCC1=CC(=O)C=C(/C=C\C2=CC(=O)C=C(CCCC(C)(C)C(=O)O)C2=O)C1=O)OC=O. The minimum atomic E-state index is -0.941. The van der Waals surface area contributed by atoms with Crippen LogP contribution < -0.4 is 0 Å². The van der Waals surface area contributed by atoms with Crippen molar-refractivity contribution in [3.8, 4) is 0 Å². The zero-order chi connectivity index (χ0) is 27.1. The maximum atomic E-state index is 12.9. The second-order valence-electron chi connectivity index (χ2n) is 10.2. The standard InChI is InChI=1S/C28H32O8/c1-27(2,26(34)35)11-5-7-18-13-22(30)15-20(24(18)32)9-10-21-16-23(31)14-19(25(21)33)8-6-12-28(3,4)36-17-29/h9-10,13-17H,5-8,11-12H2,1-4H3,(H,34,35)/b10-9-. The Kier molecular flexibility index (Phi) is 9.39. The largest absolute Gasteiger partial charge is 0.481 e. The summed E-state index contributed by atoms with van der Waals surface area (Å²) in [7, 11) is 0. The van der Waals surface area contributed by atoms with Gasteiger partial charge in [-0.05, 0) is 90.5 Å². The molecule has 36 heavy (non-hydrogen) atoms. The van der Waals surface area contributed by atoms with Gasteiger partial charge in [0.05, 0.1) is 5.41 Å². The summed E-state index contributed by atoms with van der Waals surface area (Å²) in [4.78, 5) is 71.9. The molecule has 0 amide bonds. The Labute approximate surface area is 210 Å². The van der Waals surface area contributed by atoms with Gasteiger partial charge in [-0.15, -0.1) is 0 Å². The molecule has 0 atom stereocenters. The van der Waals surface area contributed by atoms with Crippen molar-refractivity contribution < 1.29 is 38.6 Å². The number of carboxylic acid groups (broad SMARTS) is 1. The van der Waals surface area contributed by atoms with Crippen molar-refractivity contribution in [1.29, 1.82) is 0 Å². The highest BCUT2D eigenvalue weighted by molar-refractivity contribution is 6.23. The first-order chi connectivity index (χ1) is 16.8. The molecule has 8 heteroatoms. The van der Waals surface area contributed by atoms with E-state index in [0.717, 1.165) is 0 Å². The normalized spacial score (nSPS) is 17.0. The molecule has 0 aromatic carbocycles. The van der Waals surface area contributed by atoms with Crippen molar-refractivity contribution in [3.63, 3.8) is 0 Å². The third kappa shape index (κ3) is 7.93. The average molecular weight is 497 g/mol. The second-order valence-corrected chi connectivity index (χ2v) is 10.2. The molecule has 0 saturated heterocycles. The summed E-state index contributed by atoms with van der Waals surface area (Å²) in [5.41, 5.74) is -0.808. The lowest BCUT2D eigenvalue weighted by Gasteiger charge is -2.22. The molecule has 8 nitrogen and oxygen atoms in total. The molecule has 0 aromatic heterocycles. The molecule has 0 saturated carbocycles. The number of ether oxygens (including phenoxy) is 1. The monoisotopic (exact) mass is 496 g/mol. The van der Waals surface area contributed by atoms with E-state index in [9.17, 15) is 33.9 Å². The van der Waals surface area contributed by atoms with Gasteiger partial charge in [0.25, 0.3) is 6.47 Å². The van der Waals surface area contributed by atoms with Crippen molar-refractivity contribution in [2.45, 2.75) is 71.8 Å². The van der Waals surface area contributed by atoms with Gasteiger partial charge in [0, 0.05) is 22.3 Å². The molecule has 0 aliphatic heterocycles. The van der Waals surface area contributed by atoms with Gasteiger partial charge < -0.3 is 9.84 Å². The number of allylic oxidation sites excluding steroid dienone is 10. The molecule has 0 unspecified atom stereocenters. The lowest BCUT2D eigenvalue weighted by Crippen LogP contribution is -2.24. The molecule has 0 fully saturated rings.